The van der Waals surface area contributed by atoms with Crippen molar-refractivity contribution in [2.24, 2.45) is 0 Å². The van der Waals surface area contributed by atoms with E-state index in [0.29, 0.717) is 30.9 Å². The number of carbonyl (C=O) groups excluding carboxylic acids is 1. The fourth-order valence-corrected chi connectivity index (χ4v) is 2.34. The molecule has 18 heavy (non-hydrogen) atoms. The van der Waals surface area contributed by atoms with Crippen molar-refractivity contribution in [1.82, 2.24) is 5.32 Å². The smallest absolute Gasteiger partial charge is 0.168 e. The van der Waals surface area contributed by atoms with Crippen molar-refractivity contribution in [3.63, 3.8) is 0 Å². The topological polar surface area (TPSA) is 47.6 Å². The molecular weight excluding hydrogens is 298 g/mol. The summed E-state index contributed by atoms with van der Waals surface area (Å²) in [5.74, 6) is 0.677. The fourth-order valence-electron chi connectivity index (χ4n) is 1.98. The van der Waals surface area contributed by atoms with Gasteiger partial charge in [-0.2, -0.15) is 0 Å². The van der Waals surface area contributed by atoms with Crippen LogP contribution in [0.5, 0.6) is 5.75 Å². The first kappa shape index (κ1) is 13.5. The molecule has 1 unspecified atom stereocenters. The minimum Gasteiger partial charge on any atom is -0.496 e. The molecule has 0 radical (unpaired) electrons. The number of ether oxygens (including phenoxy) is 2. The van der Waals surface area contributed by atoms with Gasteiger partial charge in [0.25, 0.3) is 0 Å². The lowest BCUT2D eigenvalue weighted by atomic mass is 10.0. The first-order valence-corrected chi connectivity index (χ1v) is 6.68. The van der Waals surface area contributed by atoms with Crippen LogP contribution >= 0.6 is 15.9 Å². The average Bonchev–Trinajstić information content (AvgIpc) is 2.40. The van der Waals surface area contributed by atoms with Crippen LogP contribution in [0.3, 0.4) is 0 Å². The van der Waals surface area contributed by atoms with Gasteiger partial charge in [0, 0.05) is 23.5 Å². The van der Waals surface area contributed by atoms with E-state index in [1.165, 1.54) is 0 Å². The Balaban J connectivity index is 2.09. The largest absolute Gasteiger partial charge is 0.496 e. The highest BCUT2D eigenvalue weighted by Gasteiger charge is 2.20. The van der Waals surface area contributed by atoms with E-state index in [0.717, 1.165) is 11.0 Å². The Bertz CT molecular complexity index is 430. The maximum atomic E-state index is 12.2. The number of nitrogens with one attached hydrogen (secondary N) is 1. The number of rotatable bonds is 4. The maximum absolute atomic E-state index is 12.2. The van der Waals surface area contributed by atoms with Gasteiger partial charge in [-0.3, -0.25) is 4.79 Å². The molecule has 0 saturated carbocycles. The molecule has 1 atom stereocenters. The zero-order valence-electron chi connectivity index (χ0n) is 10.2. The number of morpholine rings is 1. The predicted octanol–water partition coefficient (Wildman–Crippen LogP) is 2.02. The second kappa shape index (κ2) is 6.31. The van der Waals surface area contributed by atoms with Gasteiger partial charge >= 0.3 is 0 Å². The van der Waals surface area contributed by atoms with Gasteiger partial charge in [-0.1, -0.05) is 15.9 Å². The van der Waals surface area contributed by atoms with Crippen molar-refractivity contribution < 1.29 is 14.3 Å². The van der Waals surface area contributed by atoms with Crippen LogP contribution in [0.4, 0.5) is 0 Å². The highest BCUT2D eigenvalue weighted by molar-refractivity contribution is 9.10. The summed E-state index contributed by atoms with van der Waals surface area (Å²) in [6.45, 7) is 2.10. The summed E-state index contributed by atoms with van der Waals surface area (Å²) in [6, 6.07) is 5.54. The predicted molar refractivity (Wildman–Crippen MR) is 72.3 cm³/mol. The first-order chi connectivity index (χ1) is 8.70. The molecule has 1 fully saturated rings. The van der Waals surface area contributed by atoms with Gasteiger partial charge in [-0.15, -0.1) is 0 Å². The van der Waals surface area contributed by atoms with Crippen LogP contribution in [-0.4, -0.2) is 38.7 Å². The second-order valence-electron chi connectivity index (χ2n) is 4.20. The van der Waals surface area contributed by atoms with E-state index < -0.39 is 0 Å². The number of methoxy groups -OCH3 is 1. The molecule has 2 rings (SSSR count). The molecule has 0 amide bonds. The van der Waals surface area contributed by atoms with E-state index in [2.05, 4.69) is 21.2 Å². The quantitative estimate of drug-likeness (QED) is 0.864. The third-order valence-corrected chi connectivity index (χ3v) is 3.39. The number of carbonyl (C=O) groups is 1. The number of ketones is 1. The minimum atomic E-state index is 0.0659. The molecule has 4 nitrogen and oxygen atoms in total. The van der Waals surface area contributed by atoms with Crippen molar-refractivity contribution in [2.75, 3.05) is 26.9 Å². The third kappa shape index (κ3) is 3.31. The van der Waals surface area contributed by atoms with E-state index in [1.807, 2.05) is 6.07 Å². The number of benzene rings is 1. The lowest BCUT2D eigenvalue weighted by Crippen LogP contribution is -2.42. The molecule has 5 heteroatoms. The molecule has 1 aliphatic rings. The number of hydrogen-bond acceptors (Lipinski definition) is 4. The minimum absolute atomic E-state index is 0.0659. The normalized spacial score (nSPS) is 19.6. The highest BCUT2D eigenvalue weighted by atomic mass is 79.9. The van der Waals surface area contributed by atoms with Gasteiger partial charge in [0.1, 0.15) is 5.75 Å². The zero-order valence-corrected chi connectivity index (χ0v) is 11.8. The second-order valence-corrected chi connectivity index (χ2v) is 5.11. The Labute approximate surface area is 115 Å². The standard InChI is InChI=1S/C13H16BrNO3/c1-17-13-3-2-9(14)6-11(13)12(16)7-10-8-18-5-4-15-10/h2-3,6,10,15H,4-5,7-8H2,1H3. The summed E-state index contributed by atoms with van der Waals surface area (Å²) in [4.78, 5) is 12.2. The molecule has 98 valence electrons. The molecule has 0 aliphatic carbocycles. The summed E-state index contributed by atoms with van der Waals surface area (Å²) in [5.41, 5.74) is 0.610. The fraction of sp³-hybridized carbons (Fsp3) is 0.462. The van der Waals surface area contributed by atoms with Gasteiger partial charge in [-0.05, 0) is 18.2 Å². The van der Waals surface area contributed by atoms with Crippen molar-refractivity contribution in [3.05, 3.63) is 28.2 Å². The number of hydrogen-bond donors (Lipinski definition) is 1. The molecular formula is C13H16BrNO3. The molecule has 0 bridgehead atoms. The molecule has 1 aliphatic heterocycles. The number of Topliss-reactive ketones (excluding diaryl/α,β-unsaturated/α-hetero) is 1. The van der Waals surface area contributed by atoms with Gasteiger partial charge in [0.2, 0.25) is 0 Å². The van der Waals surface area contributed by atoms with Gasteiger partial charge < -0.3 is 14.8 Å². The maximum Gasteiger partial charge on any atom is 0.168 e. The summed E-state index contributed by atoms with van der Waals surface area (Å²) in [6.07, 6.45) is 0.423. The Morgan fingerprint density at radius 1 is 1.61 bits per heavy atom. The monoisotopic (exact) mass is 313 g/mol. The van der Waals surface area contributed by atoms with E-state index in [-0.39, 0.29) is 11.8 Å². The third-order valence-electron chi connectivity index (χ3n) is 2.89. The zero-order chi connectivity index (χ0) is 13.0. The lowest BCUT2D eigenvalue weighted by Gasteiger charge is -2.23. The Kier molecular flexibility index (Phi) is 4.74. The van der Waals surface area contributed by atoms with Crippen LogP contribution < -0.4 is 10.1 Å². The van der Waals surface area contributed by atoms with Crippen LogP contribution in [0.2, 0.25) is 0 Å². The van der Waals surface area contributed by atoms with E-state index in [9.17, 15) is 4.79 Å². The van der Waals surface area contributed by atoms with E-state index >= 15 is 0 Å². The molecule has 1 heterocycles. The molecule has 0 spiro atoms. The van der Waals surface area contributed by atoms with Crippen LogP contribution in [0.1, 0.15) is 16.8 Å². The summed E-state index contributed by atoms with van der Waals surface area (Å²) >= 11 is 3.37. The molecule has 1 aromatic rings. The molecule has 1 aromatic carbocycles. The van der Waals surface area contributed by atoms with E-state index in [1.54, 1.807) is 19.2 Å². The SMILES string of the molecule is COc1ccc(Br)cc1C(=O)CC1COCCN1. The van der Waals surface area contributed by atoms with Crippen molar-refractivity contribution in [2.45, 2.75) is 12.5 Å². The molecule has 1 N–H and O–H groups in total. The Hall–Kier alpha value is -0.910. The summed E-state index contributed by atoms with van der Waals surface area (Å²) < 4.78 is 11.4. The van der Waals surface area contributed by atoms with Gasteiger partial charge in [-0.25, -0.2) is 0 Å². The van der Waals surface area contributed by atoms with Gasteiger partial charge in [0.05, 0.1) is 25.9 Å². The van der Waals surface area contributed by atoms with Gasteiger partial charge in [0.15, 0.2) is 5.78 Å². The Morgan fingerprint density at radius 2 is 2.44 bits per heavy atom. The molecule has 0 aromatic heterocycles. The van der Waals surface area contributed by atoms with Crippen molar-refractivity contribution in [1.29, 1.82) is 0 Å². The van der Waals surface area contributed by atoms with E-state index in [4.69, 9.17) is 9.47 Å². The number of halogens is 1. The van der Waals surface area contributed by atoms with Crippen LogP contribution in [0.25, 0.3) is 0 Å². The van der Waals surface area contributed by atoms with Crippen LogP contribution in [-0.2, 0) is 4.74 Å². The Morgan fingerprint density at radius 3 is 3.11 bits per heavy atom. The van der Waals surface area contributed by atoms with Crippen LogP contribution in [0.15, 0.2) is 22.7 Å². The van der Waals surface area contributed by atoms with Crippen molar-refractivity contribution in [3.8, 4) is 5.75 Å². The van der Waals surface area contributed by atoms with Crippen molar-refractivity contribution >= 4 is 21.7 Å². The highest BCUT2D eigenvalue weighted by Crippen LogP contribution is 2.24. The summed E-state index contributed by atoms with van der Waals surface area (Å²) in [5, 5.41) is 3.27. The first-order valence-electron chi connectivity index (χ1n) is 5.88. The molecule has 1 saturated heterocycles. The lowest BCUT2D eigenvalue weighted by molar-refractivity contribution is 0.0675. The van der Waals surface area contributed by atoms with Crippen LogP contribution in [0, 0.1) is 0 Å². The average molecular weight is 314 g/mol. The summed E-state index contributed by atoms with van der Waals surface area (Å²) in [7, 11) is 1.57.